The van der Waals surface area contributed by atoms with Crippen LogP contribution in [-0.2, 0) is 14.4 Å². The number of carbonyl (C=O) groups is 3. The third kappa shape index (κ3) is 3.62. The summed E-state index contributed by atoms with van der Waals surface area (Å²) in [5.74, 6) is -1.79. The van der Waals surface area contributed by atoms with Gasteiger partial charge in [0.25, 0.3) is 0 Å². The number of fused-ring (bicyclic) bond motifs is 1. The topological polar surface area (TPSA) is 98.7 Å². The molecule has 3 N–H and O–H groups in total. The minimum atomic E-state index is -0.779. The highest BCUT2D eigenvalue weighted by Gasteiger charge is 2.76. The number of aliphatic hydroxyl groups excluding tert-OH is 1. The monoisotopic (exact) mass is 537 g/mol. The second kappa shape index (κ2) is 8.89. The maximum absolute atomic E-state index is 14.0. The van der Waals surface area contributed by atoms with Gasteiger partial charge in [-0.25, -0.2) is 0 Å². The van der Waals surface area contributed by atoms with Crippen LogP contribution in [0, 0.1) is 31.6 Å². The molecule has 7 atom stereocenters. The summed E-state index contributed by atoms with van der Waals surface area (Å²) in [6.45, 7) is 7.52. The van der Waals surface area contributed by atoms with E-state index in [2.05, 4.69) is 26.6 Å². The van der Waals surface area contributed by atoms with Crippen LogP contribution >= 0.6 is 27.7 Å². The number of benzene rings is 1. The molecular weight excluding hydrogens is 506 g/mol. The maximum Gasteiger partial charge on any atom is 0.248 e. The van der Waals surface area contributed by atoms with Crippen LogP contribution in [0.25, 0.3) is 0 Å². The van der Waals surface area contributed by atoms with Gasteiger partial charge in [-0.2, -0.15) is 0 Å². The normalized spacial score (nSPS) is 33.4. The van der Waals surface area contributed by atoms with Crippen molar-refractivity contribution in [3.63, 3.8) is 0 Å². The molecule has 3 heterocycles. The molecule has 0 radical (unpaired) electrons. The second-order valence-electron chi connectivity index (χ2n) is 9.77. The molecule has 33 heavy (non-hydrogen) atoms. The Morgan fingerprint density at radius 3 is 2.45 bits per heavy atom. The number of alkyl halides is 1. The standard InChI is InChI=1S/C24H32BrN3O4S/c1-11(2)15(10-29)28-20(22(31)27-18-12(3)7-6-8-13(18)4)24-9-14(25)19(33-24)16(21(30)26-5)17(24)23(28)32/h6-8,11,14-17,19-20,29H,9-10H2,1-5H3,(H,26,30)(H,27,31)/t14?,15-,16-,17-,19-,20?,24?/m0/s1. The van der Waals surface area contributed by atoms with E-state index in [9.17, 15) is 19.5 Å². The SMILES string of the molecule is CNC(=O)[C@H]1[C@H]2C(=O)N([C@@H](CO)C(C)C)C(C(=O)Nc3c(C)cccc3C)C23CC(Br)[C@@H]1S3. The quantitative estimate of drug-likeness (QED) is 0.484. The average molecular weight is 539 g/mol. The van der Waals surface area contributed by atoms with Crippen molar-refractivity contribution < 1.29 is 19.5 Å². The molecule has 0 aliphatic carbocycles. The molecule has 4 rings (SSSR count). The Bertz CT molecular complexity index is 968. The van der Waals surface area contributed by atoms with Crippen molar-refractivity contribution in [2.45, 2.75) is 61.0 Å². The fourth-order valence-corrected chi connectivity index (χ4v) is 9.61. The number of rotatable bonds is 6. The molecule has 3 saturated heterocycles. The number of carbonyl (C=O) groups excluding carboxylic acids is 3. The van der Waals surface area contributed by atoms with E-state index in [0.29, 0.717) is 6.42 Å². The number of aryl methyl sites for hydroxylation is 2. The average Bonchev–Trinajstić information content (AvgIpc) is 3.34. The van der Waals surface area contributed by atoms with Crippen LogP contribution in [0.2, 0.25) is 0 Å². The lowest BCUT2D eigenvalue weighted by molar-refractivity contribution is -0.142. The van der Waals surface area contributed by atoms with Crippen molar-refractivity contribution in [3.8, 4) is 0 Å². The molecule has 1 aromatic carbocycles. The summed E-state index contributed by atoms with van der Waals surface area (Å²) in [6.07, 6.45) is 0.615. The number of aliphatic hydroxyl groups is 1. The predicted octanol–water partition coefficient (Wildman–Crippen LogP) is 2.47. The molecule has 180 valence electrons. The Balaban J connectivity index is 1.82. The van der Waals surface area contributed by atoms with Gasteiger partial charge in [-0.15, -0.1) is 11.8 Å². The third-order valence-corrected chi connectivity index (χ3v) is 10.8. The molecule has 3 aliphatic rings. The van der Waals surface area contributed by atoms with Crippen LogP contribution in [0.15, 0.2) is 18.2 Å². The number of hydrogen-bond donors (Lipinski definition) is 3. The van der Waals surface area contributed by atoms with Gasteiger partial charge < -0.3 is 20.6 Å². The minimum Gasteiger partial charge on any atom is -0.394 e. The molecule has 0 aromatic heterocycles. The van der Waals surface area contributed by atoms with Crippen molar-refractivity contribution in [1.29, 1.82) is 0 Å². The Morgan fingerprint density at radius 2 is 1.91 bits per heavy atom. The van der Waals surface area contributed by atoms with E-state index in [1.807, 2.05) is 45.9 Å². The van der Waals surface area contributed by atoms with E-state index in [1.165, 1.54) is 0 Å². The molecule has 3 fully saturated rings. The summed E-state index contributed by atoms with van der Waals surface area (Å²) >= 11 is 5.34. The maximum atomic E-state index is 14.0. The van der Waals surface area contributed by atoms with Gasteiger partial charge >= 0.3 is 0 Å². The van der Waals surface area contributed by atoms with Gasteiger partial charge in [0.1, 0.15) is 6.04 Å². The summed E-state index contributed by atoms with van der Waals surface area (Å²) in [5.41, 5.74) is 2.64. The molecule has 3 amide bonds. The first-order valence-electron chi connectivity index (χ1n) is 11.4. The highest BCUT2D eigenvalue weighted by atomic mass is 79.9. The van der Waals surface area contributed by atoms with Gasteiger partial charge in [-0.3, -0.25) is 14.4 Å². The molecular formula is C24H32BrN3O4S. The zero-order chi connectivity index (χ0) is 24.2. The van der Waals surface area contributed by atoms with Crippen molar-refractivity contribution in [2.75, 3.05) is 19.0 Å². The smallest absolute Gasteiger partial charge is 0.248 e. The van der Waals surface area contributed by atoms with Crippen molar-refractivity contribution in [1.82, 2.24) is 10.2 Å². The molecule has 1 aromatic rings. The lowest BCUT2D eigenvalue weighted by Gasteiger charge is -2.38. The molecule has 2 bridgehead atoms. The van der Waals surface area contributed by atoms with Crippen molar-refractivity contribution in [3.05, 3.63) is 29.3 Å². The third-order valence-electron chi connectivity index (χ3n) is 7.57. The zero-order valence-corrected chi connectivity index (χ0v) is 22.0. The summed E-state index contributed by atoms with van der Waals surface area (Å²) in [5, 5.41) is 16.0. The first-order valence-corrected chi connectivity index (χ1v) is 13.2. The Labute approximate surface area is 207 Å². The van der Waals surface area contributed by atoms with Crippen LogP contribution in [0.4, 0.5) is 5.69 Å². The van der Waals surface area contributed by atoms with E-state index in [4.69, 9.17) is 0 Å². The van der Waals surface area contributed by atoms with Gasteiger partial charge in [0.2, 0.25) is 17.7 Å². The highest BCUT2D eigenvalue weighted by molar-refractivity contribution is 9.09. The number of anilines is 1. The van der Waals surface area contributed by atoms with Crippen molar-refractivity contribution >= 4 is 51.1 Å². The zero-order valence-electron chi connectivity index (χ0n) is 19.6. The fraction of sp³-hybridized carbons (Fsp3) is 0.625. The Hall–Kier alpha value is -1.58. The predicted molar refractivity (Wildman–Crippen MR) is 133 cm³/mol. The van der Waals surface area contributed by atoms with E-state index < -0.39 is 28.7 Å². The number of halogens is 1. The summed E-state index contributed by atoms with van der Waals surface area (Å²) in [6, 6.07) is 4.54. The number of likely N-dealkylation sites (tertiary alicyclic amines) is 1. The van der Waals surface area contributed by atoms with Gasteiger partial charge in [-0.05, 0) is 37.3 Å². The Morgan fingerprint density at radius 1 is 1.27 bits per heavy atom. The number of nitrogens with zero attached hydrogens (tertiary/aromatic N) is 1. The molecule has 9 heteroatoms. The van der Waals surface area contributed by atoms with Gasteiger partial charge in [0, 0.05) is 22.8 Å². The minimum absolute atomic E-state index is 0.0240. The summed E-state index contributed by atoms with van der Waals surface area (Å²) in [4.78, 5) is 42.5. The number of hydrogen-bond acceptors (Lipinski definition) is 5. The highest BCUT2D eigenvalue weighted by Crippen LogP contribution is 2.68. The van der Waals surface area contributed by atoms with Gasteiger partial charge in [-0.1, -0.05) is 48.0 Å². The van der Waals surface area contributed by atoms with E-state index in [1.54, 1.807) is 23.7 Å². The molecule has 7 nitrogen and oxygen atoms in total. The second-order valence-corrected chi connectivity index (χ2v) is 12.5. The summed E-state index contributed by atoms with van der Waals surface area (Å²) < 4.78 is -0.726. The van der Waals surface area contributed by atoms with Crippen LogP contribution < -0.4 is 10.6 Å². The fourth-order valence-electron chi connectivity index (χ4n) is 6.01. The molecule has 3 unspecified atom stereocenters. The van der Waals surface area contributed by atoms with Crippen LogP contribution in [0.5, 0.6) is 0 Å². The first kappa shape index (κ1) is 24.5. The number of amides is 3. The van der Waals surface area contributed by atoms with E-state index >= 15 is 0 Å². The molecule has 0 saturated carbocycles. The number of para-hydroxylation sites is 1. The van der Waals surface area contributed by atoms with Crippen LogP contribution in [-0.4, -0.2) is 68.3 Å². The first-order chi connectivity index (χ1) is 15.6. The summed E-state index contributed by atoms with van der Waals surface area (Å²) in [7, 11) is 1.59. The van der Waals surface area contributed by atoms with Crippen LogP contribution in [0.1, 0.15) is 31.4 Å². The van der Waals surface area contributed by atoms with Gasteiger partial charge in [0.05, 0.1) is 29.2 Å². The van der Waals surface area contributed by atoms with Crippen LogP contribution in [0.3, 0.4) is 0 Å². The van der Waals surface area contributed by atoms with Gasteiger partial charge in [0.15, 0.2) is 0 Å². The number of thioether (sulfide) groups is 1. The van der Waals surface area contributed by atoms with Crippen molar-refractivity contribution in [2.24, 2.45) is 17.8 Å². The van der Waals surface area contributed by atoms with E-state index in [-0.39, 0.29) is 40.3 Å². The largest absolute Gasteiger partial charge is 0.394 e. The molecule has 3 aliphatic heterocycles. The lowest BCUT2D eigenvalue weighted by Crippen LogP contribution is -2.56. The number of nitrogens with one attached hydrogen (secondary N) is 2. The lowest BCUT2D eigenvalue weighted by atomic mass is 9.70. The Kier molecular flexibility index (Phi) is 6.61. The molecule has 1 spiro atoms. The van der Waals surface area contributed by atoms with E-state index in [0.717, 1.165) is 16.8 Å².